The summed E-state index contributed by atoms with van der Waals surface area (Å²) in [6, 6.07) is 6.49. The van der Waals surface area contributed by atoms with E-state index in [0.29, 0.717) is 17.6 Å². The van der Waals surface area contributed by atoms with Gasteiger partial charge in [-0.3, -0.25) is 5.32 Å². The number of hydrogen-bond donors (Lipinski definition) is 1. The molecule has 0 spiro atoms. The van der Waals surface area contributed by atoms with E-state index in [-0.39, 0.29) is 11.8 Å². The first-order valence-corrected chi connectivity index (χ1v) is 8.52. The molecular weight excluding hydrogens is 315 g/mol. The van der Waals surface area contributed by atoms with Crippen molar-refractivity contribution < 1.29 is 9.18 Å². The number of urea groups is 1. The number of halogens is 1. The fourth-order valence-corrected chi connectivity index (χ4v) is 3.47. The zero-order chi connectivity index (χ0) is 16.2. The van der Waals surface area contributed by atoms with Gasteiger partial charge in [0, 0.05) is 13.1 Å². The zero-order valence-corrected chi connectivity index (χ0v) is 13.8. The van der Waals surface area contributed by atoms with E-state index in [0.717, 1.165) is 36.4 Å². The number of aryl methyl sites for hydroxylation is 1. The molecule has 2 heterocycles. The molecule has 0 saturated carbocycles. The lowest BCUT2D eigenvalue weighted by Gasteiger charge is -2.32. The molecule has 0 aliphatic carbocycles. The number of likely N-dealkylation sites (tertiary alicyclic amines) is 1. The van der Waals surface area contributed by atoms with Crippen LogP contribution < -0.4 is 5.32 Å². The Kier molecular flexibility index (Phi) is 4.85. The van der Waals surface area contributed by atoms with Gasteiger partial charge >= 0.3 is 6.03 Å². The van der Waals surface area contributed by atoms with Gasteiger partial charge in [-0.05, 0) is 49.8 Å². The second-order valence-corrected chi connectivity index (χ2v) is 7.02. The third kappa shape index (κ3) is 4.25. The number of piperidine rings is 1. The van der Waals surface area contributed by atoms with Gasteiger partial charge in [0.05, 0.1) is 0 Å². The monoisotopic (exact) mass is 334 g/mol. The summed E-state index contributed by atoms with van der Waals surface area (Å²) < 4.78 is 13.0. The van der Waals surface area contributed by atoms with E-state index < -0.39 is 0 Å². The summed E-state index contributed by atoms with van der Waals surface area (Å²) in [7, 11) is 0. The molecule has 1 N–H and O–H groups in total. The Morgan fingerprint density at radius 3 is 2.87 bits per heavy atom. The van der Waals surface area contributed by atoms with Crippen molar-refractivity contribution in [3.8, 4) is 0 Å². The highest BCUT2D eigenvalue weighted by Gasteiger charge is 2.24. The first-order chi connectivity index (χ1) is 11.1. The lowest BCUT2D eigenvalue weighted by molar-refractivity contribution is 0.177. The molecule has 2 amide bonds. The number of rotatable bonds is 3. The van der Waals surface area contributed by atoms with E-state index in [1.54, 1.807) is 0 Å². The summed E-state index contributed by atoms with van der Waals surface area (Å²) in [6.07, 6.45) is 2.93. The molecule has 1 aliphatic rings. The molecule has 1 aliphatic heterocycles. The highest BCUT2D eigenvalue weighted by molar-refractivity contribution is 7.15. The Balaban J connectivity index is 1.57. The van der Waals surface area contributed by atoms with E-state index >= 15 is 0 Å². The van der Waals surface area contributed by atoms with Crippen LogP contribution in [0.5, 0.6) is 0 Å². The van der Waals surface area contributed by atoms with Gasteiger partial charge in [0.25, 0.3) is 0 Å². The molecule has 23 heavy (non-hydrogen) atoms. The van der Waals surface area contributed by atoms with Gasteiger partial charge < -0.3 is 4.90 Å². The second-order valence-electron chi connectivity index (χ2n) is 5.84. The molecule has 1 atom stereocenters. The molecule has 0 radical (unpaired) electrons. The average molecular weight is 334 g/mol. The Bertz CT molecular complexity index is 673. The normalized spacial score (nSPS) is 18.0. The molecule has 3 rings (SSSR count). The van der Waals surface area contributed by atoms with E-state index in [2.05, 4.69) is 15.5 Å². The van der Waals surface area contributed by atoms with Crippen molar-refractivity contribution in [2.45, 2.75) is 26.2 Å². The molecule has 2 aromatic rings. The molecule has 1 aromatic carbocycles. The van der Waals surface area contributed by atoms with Crippen LogP contribution in [-0.4, -0.2) is 34.2 Å². The van der Waals surface area contributed by atoms with Crippen LogP contribution in [0.1, 0.15) is 23.4 Å². The van der Waals surface area contributed by atoms with E-state index in [1.807, 2.05) is 24.0 Å². The maximum atomic E-state index is 13.0. The standard InChI is InChI=1S/C16H19FN4OS/c1-11-19-20-15(23-11)18-16(22)21-8-2-3-13(10-21)9-12-4-6-14(17)7-5-12/h4-7,13H,2-3,8-10H2,1H3,(H,18,20,22)/t13-/m0/s1. The fraction of sp³-hybridized carbons (Fsp3) is 0.438. The SMILES string of the molecule is Cc1nnc(NC(=O)N2CCC[C@@H](Cc3ccc(F)cc3)C2)s1. The third-order valence-electron chi connectivity index (χ3n) is 3.98. The topological polar surface area (TPSA) is 58.1 Å². The molecule has 1 aromatic heterocycles. The van der Waals surface area contributed by atoms with Crippen LogP contribution in [0.25, 0.3) is 0 Å². The minimum Gasteiger partial charge on any atom is -0.324 e. The molecule has 1 saturated heterocycles. The van der Waals surface area contributed by atoms with Gasteiger partial charge in [-0.15, -0.1) is 10.2 Å². The number of amides is 2. The Morgan fingerprint density at radius 2 is 2.17 bits per heavy atom. The predicted octanol–water partition coefficient (Wildman–Crippen LogP) is 3.47. The highest BCUT2D eigenvalue weighted by atomic mass is 32.1. The smallest absolute Gasteiger partial charge is 0.323 e. The van der Waals surface area contributed by atoms with Crippen molar-refractivity contribution in [1.82, 2.24) is 15.1 Å². The number of hydrogen-bond acceptors (Lipinski definition) is 4. The Hall–Kier alpha value is -2.02. The summed E-state index contributed by atoms with van der Waals surface area (Å²) in [6.45, 7) is 3.32. The molecule has 0 bridgehead atoms. The second kappa shape index (κ2) is 7.04. The van der Waals surface area contributed by atoms with Gasteiger partial charge in [-0.25, -0.2) is 9.18 Å². The lowest BCUT2D eigenvalue weighted by atomic mass is 9.91. The fourth-order valence-electron chi connectivity index (χ4n) is 2.89. The highest BCUT2D eigenvalue weighted by Crippen LogP contribution is 2.22. The maximum Gasteiger partial charge on any atom is 0.323 e. The number of carbonyl (C=O) groups is 1. The predicted molar refractivity (Wildman–Crippen MR) is 88.1 cm³/mol. The number of nitrogens with one attached hydrogen (secondary N) is 1. The van der Waals surface area contributed by atoms with Gasteiger partial charge in [0.15, 0.2) is 0 Å². The molecule has 7 heteroatoms. The van der Waals surface area contributed by atoms with Crippen LogP contribution >= 0.6 is 11.3 Å². The third-order valence-corrected chi connectivity index (χ3v) is 4.74. The first kappa shape index (κ1) is 15.9. The summed E-state index contributed by atoms with van der Waals surface area (Å²) in [5.41, 5.74) is 1.11. The van der Waals surface area contributed by atoms with Crippen molar-refractivity contribution in [3.05, 3.63) is 40.7 Å². The summed E-state index contributed by atoms with van der Waals surface area (Å²) in [5.74, 6) is 0.182. The van der Waals surface area contributed by atoms with E-state index in [1.165, 1.54) is 23.5 Å². The van der Waals surface area contributed by atoms with Crippen LogP contribution in [0.4, 0.5) is 14.3 Å². The Labute approximate surface area is 138 Å². The molecule has 0 unspecified atom stereocenters. The van der Waals surface area contributed by atoms with Crippen LogP contribution in [0.3, 0.4) is 0 Å². The van der Waals surface area contributed by atoms with Gasteiger partial charge in [0.2, 0.25) is 5.13 Å². The molecule has 1 fully saturated rings. The van der Waals surface area contributed by atoms with Gasteiger partial charge in [-0.1, -0.05) is 23.5 Å². The largest absolute Gasteiger partial charge is 0.324 e. The quantitative estimate of drug-likeness (QED) is 0.935. The van der Waals surface area contributed by atoms with Crippen LogP contribution in [0, 0.1) is 18.7 Å². The van der Waals surface area contributed by atoms with Crippen LogP contribution in [0.2, 0.25) is 0 Å². The van der Waals surface area contributed by atoms with Crippen LogP contribution in [0.15, 0.2) is 24.3 Å². The van der Waals surface area contributed by atoms with E-state index in [4.69, 9.17) is 0 Å². The minimum atomic E-state index is -0.217. The number of carbonyl (C=O) groups excluding carboxylic acids is 1. The lowest BCUT2D eigenvalue weighted by Crippen LogP contribution is -2.42. The van der Waals surface area contributed by atoms with Crippen LogP contribution in [-0.2, 0) is 6.42 Å². The summed E-state index contributed by atoms with van der Waals surface area (Å²) >= 11 is 1.37. The van der Waals surface area contributed by atoms with Crippen molar-refractivity contribution >= 4 is 22.5 Å². The van der Waals surface area contributed by atoms with Crippen molar-refractivity contribution in [1.29, 1.82) is 0 Å². The number of aromatic nitrogens is 2. The number of anilines is 1. The summed E-state index contributed by atoms with van der Waals surface area (Å²) in [4.78, 5) is 14.2. The molecule has 5 nitrogen and oxygen atoms in total. The number of benzene rings is 1. The summed E-state index contributed by atoms with van der Waals surface area (Å²) in [5, 5.41) is 12.0. The average Bonchev–Trinajstić information content (AvgIpc) is 2.95. The van der Waals surface area contributed by atoms with Gasteiger partial charge in [0.1, 0.15) is 10.8 Å². The zero-order valence-electron chi connectivity index (χ0n) is 13.0. The molecular formula is C16H19FN4OS. The first-order valence-electron chi connectivity index (χ1n) is 7.70. The Morgan fingerprint density at radius 1 is 1.39 bits per heavy atom. The van der Waals surface area contributed by atoms with Crippen molar-refractivity contribution in [3.63, 3.8) is 0 Å². The minimum absolute atomic E-state index is 0.120. The maximum absolute atomic E-state index is 13.0. The molecule has 122 valence electrons. The van der Waals surface area contributed by atoms with E-state index in [9.17, 15) is 9.18 Å². The van der Waals surface area contributed by atoms with Crippen molar-refractivity contribution in [2.75, 3.05) is 18.4 Å². The van der Waals surface area contributed by atoms with Gasteiger partial charge in [-0.2, -0.15) is 0 Å². The van der Waals surface area contributed by atoms with Crippen molar-refractivity contribution in [2.24, 2.45) is 5.92 Å². The number of nitrogens with zero attached hydrogens (tertiary/aromatic N) is 3.